The highest BCUT2D eigenvalue weighted by molar-refractivity contribution is 6.18. The lowest BCUT2D eigenvalue weighted by Gasteiger charge is -2.39. The Labute approximate surface area is 125 Å². The van der Waals surface area contributed by atoms with E-state index < -0.39 is 36.7 Å². The van der Waals surface area contributed by atoms with Gasteiger partial charge in [-0.25, -0.2) is 4.79 Å². The second-order valence-corrected chi connectivity index (χ2v) is 4.71. The smallest absolute Gasteiger partial charge is 0.340 e. The van der Waals surface area contributed by atoms with Gasteiger partial charge >= 0.3 is 6.03 Å². The van der Waals surface area contributed by atoms with Gasteiger partial charge in [0.2, 0.25) is 0 Å². The Bertz CT molecular complexity index is 360. The average Bonchev–Trinajstić information content (AvgIpc) is 2.49. The van der Waals surface area contributed by atoms with Gasteiger partial charge in [-0.3, -0.25) is 0 Å². The van der Waals surface area contributed by atoms with E-state index >= 15 is 0 Å². The molecular weight excluding hydrogens is 310 g/mol. The first kappa shape index (κ1) is 18.0. The minimum atomic E-state index is -1.49. The van der Waals surface area contributed by atoms with Crippen LogP contribution in [-0.4, -0.2) is 83.1 Å². The van der Waals surface area contributed by atoms with Crippen molar-refractivity contribution in [2.45, 2.75) is 30.7 Å². The molecule has 122 valence electrons. The van der Waals surface area contributed by atoms with E-state index in [4.69, 9.17) is 21.1 Å². The topological polar surface area (TPSA) is 141 Å². The molecule has 5 atom stereocenters. The monoisotopic (exact) mass is 327 g/mol. The molecule has 0 unspecified atom stereocenters. The fraction of sp³-hybridized carbons (Fsp3) is 0.900. The minimum absolute atomic E-state index is 0.0262. The van der Waals surface area contributed by atoms with Gasteiger partial charge in [0.15, 0.2) is 6.29 Å². The van der Waals surface area contributed by atoms with Crippen LogP contribution in [0.25, 0.3) is 0 Å². The summed E-state index contributed by atoms with van der Waals surface area (Å²) in [6.45, 7) is -0.301. The zero-order valence-corrected chi connectivity index (χ0v) is 12.0. The van der Waals surface area contributed by atoms with Gasteiger partial charge in [0, 0.05) is 19.5 Å². The van der Waals surface area contributed by atoms with Gasteiger partial charge in [0.1, 0.15) is 24.4 Å². The van der Waals surface area contributed by atoms with Crippen LogP contribution in [0.2, 0.25) is 0 Å². The largest absolute Gasteiger partial charge is 0.388 e. The Balaban J connectivity index is 2.57. The summed E-state index contributed by atoms with van der Waals surface area (Å²) >= 11 is 5.40. The maximum absolute atomic E-state index is 11.6. The molecular formula is C10H18ClN3O7. The number of nitrogens with one attached hydrogen (secondary N) is 1. The van der Waals surface area contributed by atoms with Crippen molar-refractivity contribution in [1.29, 1.82) is 0 Å². The molecule has 0 saturated carbocycles. The Kier molecular flexibility index (Phi) is 7.22. The summed E-state index contributed by atoms with van der Waals surface area (Å²) in [4.78, 5) is 22.0. The van der Waals surface area contributed by atoms with Gasteiger partial charge in [-0.1, -0.05) is 0 Å². The van der Waals surface area contributed by atoms with E-state index in [-0.39, 0.29) is 19.0 Å². The summed E-state index contributed by atoms with van der Waals surface area (Å²) in [5.74, 6) is 0.0262. The van der Waals surface area contributed by atoms with Gasteiger partial charge in [-0.2, -0.15) is 5.01 Å². The first-order valence-corrected chi connectivity index (χ1v) is 6.66. The van der Waals surface area contributed by atoms with Crippen molar-refractivity contribution in [3.8, 4) is 0 Å². The van der Waals surface area contributed by atoms with Crippen molar-refractivity contribution >= 4 is 17.6 Å². The minimum Gasteiger partial charge on any atom is -0.388 e. The molecule has 0 spiro atoms. The third-order valence-electron chi connectivity index (χ3n) is 2.98. The lowest BCUT2D eigenvalue weighted by Crippen LogP contribution is -2.60. The number of aliphatic hydroxyl groups is 3. The summed E-state index contributed by atoms with van der Waals surface area (Å²) in [7, 11) is 1.26. The first-order chi connectivity index (χ1) is 9.96. The number of alkyl halides is 1. The number of aliphatic hydroxyl groups excluding tert-OH is 3. The molecule has 1 saturated heterocycles. The molecule has 21 heavy (non-hydrogen) atoms. The summed E-state index contributed by atoms with van der Waals surface area (Å²) in [6.07, 6.45) is -6.51. The molecule has 0 aromatic rings. The second kappa shape index (κ2) is 8.41. The second-order valence-electron chi connectivity index (χ2n) is 4.33. The van der Waals surface area contributed by atoms with Crippen molar-refractivity contribution in [3.63, 3.8) is 0 Å². The van der Waals surface area contributed by atoms with Gasteiger partial charge in [-0.15, -0.1) is 16.5 Å². The highest BCUT2D eigenvalue weighted by atomic mass is 35.5. The van der Waals surface area contributed by atoms with Crippen LogP contribution >= 0.6 is 11.6 Å². The molecule has 1 rings (SSSR count). The summed E-state index contributed by atoms with van der Waals surface area (Å²) in [5.41, 5.74) is 0. The number of nitroso groups, excluding NO2 is 1. The molecule has 1 fully saturated rings. The molecule has 10 nitrogen and oxygen atoms in total. The molecule has 11 heteroatoms. The molecule has 0 aromatic carbocycles. The Morgan fingerprint density at radius 1 is 1.38 bits per heavy atom. The molecule has 0 aliphatic carbocycles. The van der Waals surface area contributed by atoms with Gasteiger partial charge in [0.25, 0.3) is 0 Å². The molecule has 1 aliphatic rings. The quantitative estimate of drug-likeness (QED) is 0.261. The fourth-order valence-electron chi connectivity index (χ4n) is 1.82. The van der Waals surface area contributed by atoms with Crippen LogP contribution < -0.4 is 5.32 Å². The molecule has 2 amide bonds. The van der Waals surface area contributed by atoms with E-state index in [1.54, 1.807) is 0 Å². The third-order valence-corrected chi connectivity index (χ3v) is 3.15. The van der Waals surface area contributed by atoms with Gasteiger partial charge in [0.05, 0.1) is 11.8 Å². The van der Waals surface area contributed by atoms with Crippen molar-refractivity contribution in [1.82, 2.24) is 10.3 Å². The van der Waals surface area contributed by atoms with Crippen LogP contribution in [0, 0.1) is 4.91 Å². The number of urea groups is 1. The maximum Gasteiger partial charge on any atom is 0.340 e. The zero-order chi connectivity index (χ0) is 16.0. The number of hydrogen-bond acceptors (Lipinski definition) is 8. The summed E-state index contributed by atoms with van der Waals surface area (Å²) in [6, 6.07) is -0.823. The van der Waals surface area contributed by atoms with E-state index in [9.17, 15) is 25.0 Å². The number of carbonyl (C=O) groups is 1. The molecule has 0 aromatic heterocycles. The van der Waals surface area contributed by atoms with Crippen LogP contribution in [0.4, 0.5) is 4.79 Å². The zero-order valence-electron chi connectivity index (χ0n) is 11.3. The van der Waals surface area contributed by atoms with Crippen LogP contribution in [0.5, 0.6) is 0 Å². The number of rotatable bonds is 6. The van der Waals surface area contributed by atoms with E-state index in [1.807, 2.05) is 0 Å². The lowest BCUT2D eigenvalue weighted by molar-refractivity contribution is -0.288. The van der Waals surface area contributed by atoms with Crippen LogP contribution in [0.3, 0.4) is 0 Å². The maximum atomic E-state index is 11.6. The van der Waals surface area contributed by atoms with Crippen LogP contribution in [0.15, 0.2) is 5.29 Å². The number of methoxy groups -OCH3 is 1. The Morgan fingerprint density at radius 3 is 2.57 bits per heavy atom. The van der Waals surface area contributed by atoms with Gasteiger partial charge in [-0.05, 0) is 0 Å². The van der Waals surface area contributed by atoms with Crippen molar-refractivity contribution in [2.24, 2.45) is 5.29 Å². The summed E-state index contributed by atoms with van der Waals surface area (Å²) < 4.78 is 10.0. The highest BCUT2D eigenvalue weighted by Crippen LogP contribution is 2.21. The van der Waals surface area contributed by atoms with E-state index in [2.05, 4.69) is 10.6 Å². The van der Waals surface area contributed by atoms with E-state index in [0.29, 0.717) is 5.01 Å². The number of amides is 2. The van der Waals surface area contributed by atoms with Crippen molar-refractivity contribution in [3.05, 3.63) is 4.91 Å². The van der Waals surface area contributed by atoms with E-state index in [0.717, 1.165) is 0 Å². The molecule has 0 radical (unpaired) electrons. The standard InChI is InChI=1S/C10H18ClN3O7/c1-20-9-8(17)7(16)6(15)5(21-9)4-12-10(18)14(13-19)3-2-11/h5-9,15-17H,2-4H2,1H3,(H,12,18)/t5-,6+,7+,8-,9+/m0/s1. The van der Waals surface area contributed by atoms with Gasteiger partial charge < -0.3 is 30.1 Å². The highest BCUT2D eigenvalue weighted by Gasteiger charge is 2.43. The predicted molar refractivity (Wildman–Crippen MR) is 70.3 cm³/mol. The molecule has 1 heterocycles. The fourth-order valence-corrected chi connectivity index (χ4v) is 1.98. The van der Waals surface area contributed by atoms with E-state index in [1.165, 1.54) is 7.11 Å². The predicted octanol–water partition coefficient (Wildman–Crippen LogP) is -1.63. The van der Waals surface area contributed by atoms with Crippen molar-refractivity contribution < 1.29 is 29.6 Å². The third kappa shape index (κ3) is 4.46. The molecule has 1 aliphatic heterocycles. The number of halogens is 1. The average molecular weight is 328 g/mol. The lowest BCUT2D eigenvalue weighted by atomic mass is 9.99. The number of carbonyl (C=O) groups excluding carboxylic acids is 1. The van der Waals surface area contributed by atoms with Crippen LogP contribution in [-0.2, 0) is 9.47 Å². The molecule has 0 bridgehead atoms. The number of ether oxygens (including phenoxy) is 2. The number of nitrogens with zero attached hydrogens (tertiary/aromatic N) is 2. The normalized spacial score (nSPS) is 32.5. The Hall–Kier alpha value is -1.04. The summed E-state index contributed by atoms with van der Waals surface area (Å²) in [5, 5.41) is 34.4. The Morgan fingerprint density at radius 2 is 2.05 bits per heavy atom. The molecule has 4 N–H and O–H groups in total. The van der Waals surface area contributed by atoms with Crippen molar-refractivity contribution in [2.75, 3.05) is 26.1 Å². The SMILES string of the molecule is CO[C@@H]1O[C@@H](CNC(=O)N(CCCl)N=O)[C@@H](O)[C@@H](O)[C@@H]1O. The van der Waals surface area contributed by atoms with Crippen LogP contribution in [0.1, 0.15) is 0 Å². The first-order valence-electron chi connectivity index (χ1n) is 6.13. The number of hydrogen-bond donors (Lipinski definition) is 4.